The lowest BCUT2D eigenvalue weighted by atomic mass is 10.0. The van der Waals surface area contributed by atoms with E-state index in [0.29, 0.717) is 25.2 Å². The fourth-order valence-corrected chi connectivity index (χ4v) is 3.16. The number of aliphatic hydroxyl groups excluding tert-OH is 1. The molecule has 122 valence electrons. The number of methoxy groups -OCH3 is 1. The molecule has 0 saturated carbocycles. The molecule has 0 aliphatic carbocycles. The Bertz CT molecular complexity index is 690. The summed E-state index contributed by atoms with van der Waals surface area (Å²) in [7, 11) is 1.65. The highest BCUT2D eigenvalue weighted by atomic mass is 16.5. The van der Waals surface area contributed by atoms with Crippen molar-refractivity contribution in [3.05, 3.63) is 53.3 Å². The van der Waals surface area contributed by atoms with Gasteiger partial charge in [0.05, 0.1) is 18.9 Å². The SMILES string of the molecule is COc1cccc([C@@H]2C[C@@H](O)CN2Cc2nc(C)ccc2O)c1. The number of β-amino-alcohol motifs (C(OH)–C–C–N with tert-alkyl or cyclic N) is 1. The molecule has 2 N–H and O–H groups in total. The Morgan fingerprint density at radius 3 is 2.91 bits per heavy atom. The molecule has 5 heteroatoms. The first-order valence-electron chi connectivity index (χ1n) is 7.78. The second-order valence-corrected chi connectivity index (χ2v) is 6.03. The molecule has 23 heavy (non-hydrogen) atoms. The van der Waals surface area contributed by atoms with E-state index in [2.05, 4.69) is 9.88 Å². The molecule has 0 unspecified atom stereocenters. The highest BCUT2D eigenvalue weighted by Gasteiger charge is 2.32. The van der Waals surface area contributed by atoms with Crippen molar-refractivity contribution in [1.29, 1.82) is 0 Å². The molecule has 0 spiro atoms. The number of nitrogens with zero attached hydrogens (tertiary/aromatic N) is 2. The quantitative estimate of drug-likeness (QED) is 0.907. The Morgan fingerprint density at radius 2 is 2.13 bits per heavy atom. The van der Waals surface area contributed by atoms with Gasteiger partial charge in [-0.1, -0.05) is 12.1 Å². The average Bonchev–Trinajstić information content (AvgIpc) is 2.91. The zero-order chi connectivity index (χ0) is 16.4. The van der Waals surface area contributed by atoms with E-state index in [1.807, 2.05) is 31.2 Å². The molecule has 2 aromatic rings. The van der Waals surface area contributed by atoms with E-state index in [1.54, 1.807) is 19.2 Å². The molecule has 5 nitrogen and oxygen atoms in total. The van der Waals surface area contributed by atoms with Crippen molar-refractivity contribution >= 4 is 0 Å². The van der Waals surface area contributed by atoms with Crippen molar-refractivity contribution in [1.82, 2.24) is 9.88 Å². The number of hydrogen-bond acceptors (Lipinski definition) is 5. The third-order valence-corrected chi connectivity index (χ3v) is 4.30. The Balaban J connectivity index is 1.86. The van der Waals surface area contributed by atoms with Crippen molar-refractivity contribution in [2.24, 2.45) is 0 Å². The fourth-order valence-electron chi connectivity index (χ4n) is 3.16. The van der Waals surface area contributed by atoms with Crippen molar-refractivity contribution in [2.75, 3.05) is 13.7 Å². The van der Waals surface area contributed by atoms with Crippen LogP contribution in [-0.2, 0) is 6.54 Å². The molecule has 1 fully saturated rings. The van der Waals surface area contributed by atoms with E-state index in [1.165, 1.54) is 0 Å². The summed E-state index contributed by atoms with van der Waals surface area (Å²) in [5, 5.41) is 20.1. The van der Waals surface area contributed by atoms with Crippen LogP contribution in [0.1, 0.15) is 29.4 Å². The van der Waals surface area contributed by atoms with Crippen molar-refractivity contribution in [2.45, 2.75) is 32.0 Å². The molecule has 1 aliphatic heterocycles. The number of aliphatic hydroxyl groups is 1. The second kappa shape index (κ2) is 6.56. The minimum Gasteiger partial charge on any atom is -0.506 e. The second-order valence-electron chi connectivity index (χ2n) is 6.03. The first kappa shape index (κ1) is 15.8. The van der Waals surface area contributed by atoms with Gasteiger partial charge in [-0.15, -0.1) is 0 Å². The largest absolute Gasteiger partial charge is 0.506 e. The van der Waals surface area contributed by atoms with Gasteiger partial charge in [-0.25, -0.2) is 0 Å². The van der Waals surface area contributed by atoms with E-state index < -0.39 is 0 Å². The van der Waals surface area contributed by atoms with Crippen LogP contribution in [0, 0.1) is 6.92 Å². The fraction of sp³-hybridized carbons (Fsp3) is 0.389. The van der Waals surface area contributed by atoms with Crippen molar-refractivity contribution < 1.29 is 14.9 Å². The Hall–Kier alpha value is -2.11. The zero-order valence-corrected chi connectivity index (χ0v) is 13.4. The zero-order valence-electron chi connectivity index (χ0n) is 13.4. The topological polar surface area (TPSA) is 65.8 Å². The summed E-state index contributed by atoms with van der Waals surface area (Å²) in [6, 6.07) is 11.5. The van der Waals surface area contributed by atoms with E-state index in [-0.39, 0.29) is 17.9 Å². The predicted octanol–water partition coefficient (Wildman–Crippen LogP) is 2.41. The summed E-state index contributed by atoms with van der Waals surface area (Å²) in [5.41, 5.74) is 2.62. The van der Waals surface area contributed by atoms with E-state index in [4.69, 9.17) is 4.74 Å². The molecule has 2 heterocycles. The summed E-state index contributed by atoms with van der Waals surface area (Å²) < 4.78 is 5.30. The van der Waals surface area contributed by atoms with Crippen molar-refractivity contribution in [3.8, 4) is 11.5 Å². The Labute approximate surface area is 136 Å². The first-order chi connectivity index (χ1) is 11.1. The number of rotatable bonds is 4. The number of pyridine rings is 1. The van der Waals surface area contributed by atoms with Crippen LogP contribution in [0.4, 0.5) is 0 Å². The summed E-state index contributed by atoms with van der Waals surface area (Å²) in [6.07, 6.45) is 0.290. The van der Waals surface area contributed by atoms with Gasteiger partial charge in [0.1, 0.15) is 11.5 Å². The molecule has 0 radical (unpaired) electrons. The van der Waals surface area contributed by atoms with Crippen LogP contribution < -0.4 is 4.74 Å². The lowest BCUT2D eigenvalue weighted by molar-refractivity contribution is 0.171. The molecule has 1 aliphatic rings. The number of aryl methyl sites for hydroxylation is 1. The standard InChI is InChI=1S/C18H22N2O3/c1-12-6-7-18(22)16(19-12)11-20-10-14(21)9-17(20)13-4-3-5-15(8-13)23-2/h3-8,14,17,21-22H,9-11H2,1-2H3/t14-,17+/m1/s1. The van der Waals surface area contributed by atoms with Crippen LogP contribution in [0.5, 0.6) is 11.5 Å². The molecule has 1 aromatic carbocycles. The van der Waals surface area contributed by atoms with Gasteiger partial charge in [0.15, 0.2) is 0 Å². The van der Waals surface area contributed by atoms with Gasteiger partial charge in [-0.2, -0.15) is 0 Å². The Kier molecular flexibility index (Phi) is 4.50. The van der Waals surface area contributed by atoms with Gasteiger partial charge in [-0.05, 0) is 43.2 Å². The highest BCUT2D eigenvalue weighted by molar-refractivity contribution is 5.32. The number of benzene rings is 1. The van der Waals surface area contributed by atoms with Crippen LogP contribution in [0.2, 0.25) is 0 Å². The maximum Gasteiger partial charge on any atom is 0.138 e. The van der Waals surface area contributed by atoms with E-state index in [0.717, 1.165) is 17.0 Å². The molecule has 1 aromatic heterocycles. The van der Waals surface area contributed by atoms with Crippen LogP contribution >= 0.6 is 0 Å². The Morgan fingerprint density at radius 1 is 1.30 bits per heavy atom. The van der Waals surface area contributed by atoms with Gasteiger partial charge in [0.25, 0.3) is 0 Å². The molecular formula is C18H22N2O3. The summed E-state index contributed by atoms with van der Waals surface area (Å²) in [4.78, 5) is 6.58. The first-order valence-corrected chi connectivity index (χ1v) is 7.78. The maximum absolute atomic E-state index is 10.1. The van der Waals surface area contributed by atoms with Gasteiger partial charge in [0, 0.05) is 24.8 Å². The van der Waals surface area contributed by atoms with Crippen LogP contribution in [0.15, 0.2) is 36.4 Å². The number of aromatic hydroxyl groups is 1. The number of hydrogen-bond donors (Lipinski definition) is 2. The van der Waals surface area contributed by atoms with Crippen LogP contribution in [0.3, 0.4) is 0 Å². The van der Waals surface area contributed by atoms with Crippen molar-refractivity contribution in [3.63, 3.8) is 0 Å². The third-order valence-electron chi connectivity index (χ3n) is 4.30. The minimum absolute atomic E-state index is 0.0850. The summed E-state index contributed by atoms with van der Waals surface area (Å²) in [6.45, 7) is 2.98. The molecule has 0 bridgehead atoms. The van der Waals surface area contributed by atoms with Gasteiger partial charge in [0.2, 0.25) is 0 Å². The lowest BCUT2D eigenvalue weighted by Crippen LogP contribution is -2.25. The molecule has 3 rings (SSSR count). The highest BCUT2D eigenvalue weighted by Crippen LogP contribution is 2.35. The summed E-state index contributed by atoms with van der Waals surface area (Å²) in [5.74, 6) is 1.00. The van der Waals surface area contributed by atoms with Gasteiger partial charge in [-0.3, -0.25) is 9.88 Å². The van der Waals surface area contributed by atoms with Gasteiger partial charge >= 0.3 is 0 Å². The monoisotopic (exact) mass is 314 g/mol. The third kappa shape index (κ3) is 3.46. The van der Waals surface area contributed by atoms with E-state index >= 15 is 0 Å². The summed E-state index contributed by atoms with van der Waals surface area (Å²) >= 11 is 0. The number of ether oxygens (including phenoxy) is 1. The number of likely N-dealkylation sites (tertiary alicyclic amines) is 1. The molecule has 2 atom stereocenters. The predicted molar refractivity (Wildman–Crippen MR) is 87.4 cm³/mol. The van der Waals surface area contributed by atoms with Crippen LogP contribution in [0.25, 0.3) is 0 Å². The smallest absolute Gasteiger partial charge is 0.138 e. The average molecular weight is 314 g/mol. The minimum atomic E-state index is -0.377. The number of aromatic nitrogens is 1. The van der Waals surface area contributed by atoms with E-state index in [9.17, 15) is 10.2 Å². The maximum atomic E-state index is 10.1. The van der Waals surface area contributed by atoms with Gasteiger partial charge < -0.3 is 14.9 Å². The normalized spacial score (nSPS) is 21.5. The molecule has 1 saturated heterocycles. The van der Waals surface area contributed by atoms with Crippen LogP contribution in [-0.4, -0.2) is 39.9 Å². The lowest BCUT2D eigenvalue weighted by Gasteiger charge is -2.24. The molecular weight excluding hydrogens is 292 g/mol. The molecule has 0 amide bonds.